The van der Waals surface area contributed by atoms with E-state index in [0.29, 0.717) is 18.8 Å². The maximum absolute atomic E-state index is 12.5. The monoisotopic (exact) mass is 345 g/mol. The Labute approximate surface area is 144 Å². The number of aromatic nitrogens is 2. The third kappa shape index (κ3) is 3.27. The molecule has 2 heterocycles. The Morgan fingerprint density at radius 3 is 2.79 bits per heavy atom. The normalized spacial score (nSPS) is 10.9. The number of hydrogen-bond donors (Lipinski definition) is 1. The van der Waals surface area contributed by atoms with Gasteiger partial charge in [0, 0.05) is 37.4 Å². The van der Waals surface area contributed by atoms with E-state index in [1.54, 1.807) is 14.2 Å². The van der Waals surface area contributed by atoms with E-state index in [1.165, 1.54) is 11.3 Å². The molecular formula is C17H19N3O3S. The first-order valence-electron chi connectivity index (χ1n) is 7.61. The first-order chi connectivity index (χ1) is 11.7. The van der Waals surface area contributed by atoms with Gasteiger partial charge in [-0.1, -0.05) is 0 Å². The van der Waals surface area contributed by atoms with E-state index in [4.69, 9.17) is 9.47 Å². The number of fused-ring (bicyclic) bond motifs is 1. The number of hydrogen-bond acceptors (Lipinski definition) is 5. The molecule has 0 spiro atoms. The number of imidazole rings is 1. The molecule has 0 saturated heterocycles. The number of amides is 1. The van der Waals surface area contributed by atoms with Crippen molar-refractivity contribution in [2.75, 3.05) is 27.4 Å². The maximum Gasteiger partial charge on any atom is 0.272 e. The summed E-state index contributed by atoms with van der Waals surface area (Å²) in [6.07, 6.45) is 2.69. The minimum atomic E-state index is -0.173. The van der Waals surface area contributed by atoms with Crippen molar-refractivity contribution in [3.8, 4) is 17.0 Å². The van der Waals surface area contributed by atoms with Crippen LogP contribution in [0.2, 0.25) is 0 Å². The van der Waals surface area contributed by atoms with E-state index >= 15 is 0 Å². The van der Waals surface area contributed by atoms with Crippen LogP contribution < -0.4 is 10.1 Å². The fraction of sp³-hybridized carbons (Fsp3) is 0.294. The average Bonchev–Trinajstić information content (AvgIpc) is 3.19. The van der Waals surface area contributed by atoms with Gasteiger partial charge in [0.05, 0.1) is 12.8 Å². The number of rotatable bonds is 7. The van der Waals surface area contributed by atoms with Crippen LogP contribution in [0.4, 0.5) is 0 Å². The van der Waals surface area contributed by atoms with Gasteiger partial charge in [-0.05, 0) is 30.7 Å². The summed E-state index contributed by atoms with van der Waals surface area (Å²) in [5.41, 5.74) is 2.14. The molecule has 0 aliphatic heterocycles. The van der Waals surface area contributed by atoms with Gasteiger partial charge < -0.3 is 14.8 Å². The quantitative estimate of drug-likeness (QED) is 0.669. The van der Waals surface area contributed by atoms with Crippen molar-refractivity contribution in [3.05, 3.63) is 41.5 Å². The Morgan fingerprint density at radius 2 is 2.08 bits per heavy atom. The number of nitrogens with zero attached hydrogens (tertiary/aromatic N) is 2. The zero-order valence-electron chi connectivity index (χ0n) is 13.6. The number of methoxy groups -OCH3 is 2. The average molecular weight is 345 g/mol. The summed E-state index contributed by atoms with van der Waals surface area (Å²) in [7, 11) is 3.27. The minimum Gasteiger partial charge on any atom is -0.497 e. The highest BCUT2D eigenvalue weighted by Crippen LogP contribution is 2.28. The Hall–Kier alpha value is -2.38. The predicted octanol–water partition coefficient (Wildman–Crippen LogP) is 2.84. The van der Waals surface area contributed by atoms with Crippen molar-refractivity contribution in [1.29, 1.82) is 0 Å². The van der Waals surface area contributed by atoms with E-state index in [1.807, 2.05) is 40.2 Å². The molecule has 6 nitrogen and oxygen atoms in total. The second-order valence-electron chi connectivity index (χ2n) is 5.20. The van der Waals surface area contributed by atoms with Gasteiger partial charge in [0.2, 0.25) is 0 Å². The van der Waals surface area contributed by atoms with Crippen LogP contribution in [-0.4, -0.2) is 42.7 Å². The number of ether oxygens (including phenoxy) is 2. The zero-order chi connectivity index (χ0) is 16.9. The summed E-state index contributed by atoms with van der Waals surface area (Å²) in [5, 5.41) is 4.86. The highest BCUT2D eigenvalue weighted by Gasteiger charge is 2.20. The van der Waals surface area contributed by atoms with Crippen LogP contribution in [0, 0.1) is 0 Å². The molecule has 0 radical (unpaired) electrons. The summed E-state index contributed by atoms with van der Waals surface area (Å²) < 4.78 is 12.1. The lowest BCUT2D eigenvalue weighted by Crippen LogP contribution is -2.26. The molecule has 3 aromatic rings. The van der Waals surface area contributed by atoms with Crippen LogP contribution in [0.15, 0.2) is 35.8 Å². The van der Waals surface area contributed by atoms with Crippen molar-refractivity contribution in [2.24, 2.45) is 0 Å². The summed E-state index contributed by atoms with van der Waals surface area (Å²) in [6.45, 7) is 1.17. The lowest BCUT2D eigenvalue weighted by molar-refractivity contribution is 0.0945. The molecule has 7 heteroatoms. The van der Waals surface area contributed by atoms with Crippen molar-refractivity contribution < 1.29 is 14.3 Å². The van der Waals surface area contributed by atoms with Crippen molar-refractivity contribution in [2.45, 2.75) is 6.42 Å². The van der Waals surface area contributed by atoms with Gasteiger partial charge >= 0.3 is 0 Å². The number of benzene rings is 1. The Balaban J connectivity index is 1.92. The minimum absolute atomic E-state index is 0.173. The molecule has 126 valence electrons. The highest BCUT2D eigenvalue weighted by molar-refractivity contribution is 7.15. The largest absolute Gasteiger partial charge is 0.497 e. The third-order valence-electron chi connectivity index (χ3n) is 3.65. The SMILES string of the molecule is COCCCNC(=O)c1nc2sccn2c1-c1ccc(OC)cc1. The van der Waals surface area contributed by atoms with Crippen LogP contribution in [0.3, 0.4) is 0 Å². The first kappa shape index (κ1) is 16.5. The van der Waals surface area contributed by atoms with Crippen LogP contribution in [0.25, 0.3) is 16.2 Å². The molecule has 0 fully saturated rings. The summed E-state index contributed by atoms with van der Waals surface area (Å²) in [5.74, 6) is 0.600. The molecule has 1 aromatic carbocycles. The lowest BCUT2D eigenvalue weighted by Gasteiger charge is -2.07. The molecule has 0 saturated carbocycles. The summed E-state index contributed by atoms with van der Waals surface area (Å²) in [6, 6.07) is 7.62. The van der Waals surface area contributed by atoms with E-state index in [2.05, 4.69) is 10.3 Å². The van der Waals surface area contributed by atoms with Gasteiger partial charge in [-0.25, -0.2) is 4.98 Å². The molecule has 3 rings (SSSR count). The topological polar surface area (TPSA) is 64.9 Å². The first-order valence-corrected chi connectivity index (χ1v) is 8.49. The van der Waals surface area contributed by atoms with Gasteiger partial charge in [0.1, 0.15) is 5.75 Å². The van der Waals surface area contributed by atoms with E-state index in [-0.39, 0.29) is 5.91 Å². The molecule has 2 aromatic heterocycles. The molecule has 1 N–H and O–H groups in total. The molecule has 0 bridgehead atoms. The fourth-order valence-electron chi connectivity index (χ4n) is 2.47. The molecule has 0 atom stereocenters. The summed E-state index contributed by atoms with van der Waals surface area (Å²) >= 11 is 1.50. The fourth-order valence-corrected chi connectivity index (χ4v) is 3.18. The molecule has 24 heavy (non-hydrogen) atoms. The number of thiazole rings is 1. The Kier molecular flexibility index (Phi) is 5.12. The van der Waals surface area contributed by atoms with Crippen LogP contribution >= 0.6 is 11.3 Å². The smallest absolute Gasteiger partial charge is 0.272 e. The predicted molar refractivity (Wildman–Crippen MR) is 93.9 cm³/mol. The van der Waals surface area contributed by atoms with E-state index < -0.39 is 0 Å². The number of carbonyl (C=O) groups is 1. The van der Waals surface area contributed by atoms with E-state index in [0.717, 1.165) is 28.4 Å². The van der Waals surface area contributed by atoms with Gasteiger partial charge in [-0.2, -0.15) is 0 Å². The van der Waals surface area contributed by atoms with Crippen molar-refractivity contribution in [1.82, 2.24) is 14.7 Å². The Bertz CT molecular complexity index is 823. The molecule has 0 aliphatic carbocycles. The third-order valence-corrected chi connectivity index (χ3v) is 4.41. The van der Waals surface area contributed by atoms with Gasteiger partial charge in [0.25, 0.3) is 5.91 Å². The number of nitrogens with one attached hydrogen (secondary N) is 1. The maximum atomic E-state index is 12.5. The zero-order valence-corrected chi connectivity index (χ0v) is 14.4. The van der Waals surface area contributed by atoms with E-state index in [9.17, 15) is 4.79 Å². The van der Waals surface area contributed by atoms with Crippen molar-refractivity contribution in [3.63, 3.8) is 0 Å². The van der Waals surface area contributed by atoms with Gasteiger partial charge in [0.15, 0.2) is 10.7 Å². The van der Waals surface area contributed by atoms with Crippen molar-refractivity contribution >= 4 is 22.2 Å². The Morgan fingerprint density at radius 1 is 1.29 bits per heavy atom. The molecular weight excluding hydrogens is 326 g/mol. The van der Waals surface area contributed by atoms with Gasteiger partial charge in [-0.15, -0.1) is 11.3 Å². The summed E-state index contributed by atoms with van der Waals surface area (Å²) in [4.78, 5) is 17.8. The second kappa shape index (κ2) is 7.46. The molecule has 0 aliphatic rings. The number of carbonyl (C=O) groups excluding carboxylic acids is 1. The lowest BCUT2D eigenvalue weighted by atomic mass is 10.1. The standard InChI is InChI=1S/C17H19N3O3S/c1-22-10-3-8-18-16(21)14-15(20-9-11-24-17(20)19-14)12-4-6-13(23-2)7-5-12/h4-7,9,11H,3,8,10H2,1-2H3,(H,18,21). The molecule has 1 amide bonds. The van der Waals surface area contributed by atoms with Crippen LogP contribution in [-0.2, 0) is 4.74 Å². The molecule has 0 unspecified atom stereocenters. The van der Waals surface area contributed by atoms with Crippen LogP contribution in [0.5, 0.6) is 5.75 Å². The second-order valence-corrected chi connectivity index (χ2v) is 6.07. The highest BCUT2D eigenvalue weighted by atomic mass is 32.1. The van der Waals surface area contributed by atoms with Crippen LogP contribution in [0.1, 0.15) is 16.9 Å². The van der Waals surface area contributed by atoms with Gasteiger partial charge in [-0.3, -0.25) is 9.20 Å².